The number of nitriles is 1. The summed E-state index contributed by atoms with van der Waals surface area (Å²) < 4.78 is 23.8. The van der Waals surface area contributed by atoms with Gasteiger partial charge in [0.1, 0.15) is 6.07 Å². The first kappa shape index (κ1) is 21.4. The van der Waals surface area contributed by atoms with E-state index >= 15 is 0 Å². The highest BCUT2D eigenvalue weighted by molar-refractivity contribution is 5.78. The molecule has 1 atom stereocenters. The van der Waals surface area contributed by atoms with E-state index in [1.54, 1.807) is 14.2 Å². The molecule has 6 nitrogen and oxygen atoms in total. The first-order valence-corrected chi connectivity index (χ1v) is 11.7. The van der Waals surface area contributed by atoms with Gasteiger partial charge in [-0.1, -0.05) is 0 Å². The molecular weight excluding hydrogens is 440 g/mol. The summed E-state index contributed by atoms with van der Waals surface area (Å²) in [5.74, 6) is 3.34. The molecule has 3 aromatic carbocycles. The Labute approximate surface area is 204 Å². The highest BCUT2D eigenvalue weighted by Crippen LogP contribution is 2.59. The van der Waals surface area contributed by atoms with Gasteiger partial charge in [-0.3, -0.25) is 0 Å². The van der Waals surface area contributed by atoms with E-state index in [2.05, 4.69) is 35.2 Å². The molecule has 0 aromatic heterocycles. The van der Waals surface area contributed by atoms with E-state index in [1.165, 1.54) is 22.3 Å². The van der Waals surface area contributed by atoms with Crippen molar-refractivity contribution in [2.24, 2.45) is 0 Å². The topological polar surface area (TPSA) is 65.1 Å². The lowest BCUT2D eigenvalue weighted by atomic mass is 9.76. The molecule has 174 valence electrons. The van der Waals surface area contributed by atoms with E-state index in [-0.39, 0.29) is 5.41 Å². The van der Waals surface area contributed by atoms with Crippen LogP contribution in [0.4, 0.5) is 5.69 Å². The molecule has 6 heteroatoms. The normalized spacial score (nSPS) is 18.3. The predicted molar refractivity (Wildman–Crippen MR) is 130 cm³/mol. The second-order valence-corrected chi connectivity index (χ2v) is 9.46. The van der Waals surface area contributed by atoms with Crippen LogP contribution in [0.25, 0.3) is 4.85 Å². The van der Waals surface area contributed by atoms with Crippen molar-refractivity contribution in [1.29, 1.82) is 5.26 Å². The number of rotatable bonds is 2. The Morgan fingerprint density at radius 3 is 2.14 bits per heavy atom. The number of fused-ring (bicyclic) bond motifs is 6. The predicted octanol–water partition coefficient (Wildman–Crippen LogP) is 6.82. The van der Waals surface area contributed by atoms with Gasteiger partial charge in [-0.05, 0) is 97.2 Å². The molecule has 0 bridgehead atoms. The molecule has 0 N–H and O–H groups in total. The van der Waals surface area contributed by atoms with Gasteiger partial charge >= 0.3 is 0 Å². The van der Waals surface area contributed by atoms with Gasteiger partial charge in [0.15, 0.2) is 34.5 Å². The molecule has 0 fully saturated rings. The number of benzene rings is 3. The van der Waals surface area contributed by atoms with Gasteiger partial charge < -0.3 is 18.9 Å². The van der Waals surface area contributed by atoms with Gasteiger partial charge in [0.2, 0.25) is 5.69 Å². The second kappa shape index (κ2) is 7.42. The van der Waals surface area contributed by atoms with E-state index in [0.29, 0.717) is 34.2 Å². The Morgan fingerprint density at radius 2 is 1.49 bits per heavy atom. The monoisotopic (exact) mass is 464 g/mol. The van der Waals surface area contributed by atoms with Crippen LogP contribution in [0.5, 0.6) is 34.5 Å². The van der Waals surface area contributed by atoms with Crippen molar-refractivity contribution in [2.75, 3.05) is 14.2 Å². The summed E-state index contributed by atoms with van der Waals surface area (Å²) in [4.78, 5) is 3.69. The minimum atomic E-state index is -0.119. The maximum absolute atomic E-state index is 9.85. The molecule has 0 amide bonds. The zero-order valence-electron chi connectivity index (χ0n) is 20.2. The van der Waals surface area contributed by atoms with Crippen LogP contribution in [-0.4, -0.2) is 14.2 Å². The van der Waals surface area contributed by atoms with Gasteiger partial charge in [0, 0.05) is 5.41 Å². The third kappa shape index (κ3) is 2.74. The summed E-state index contributed by atoms with van der Waals surface area (Å²) in [6.45, 7) is 11.4. The van der Waals surface area contributed by atoms with Gasteiger partial charge in [-0.15, -0.1) is 0 Å². The Hall–Kier alpha value is -4.16. The lowest BCUT2D eigenvalue weighted by molar-refractivity contribution is 0.353. The molecule has 35 heavy (non-hydrogen) atoms. The number of aryl methyl sites for hydroxylation is 2. The van der Waals surface area contributed by atoms with E-state index in [9.17, 15) is 5.26 Å². The fourth-order valence-electron chi connectivity index (χ4n) is 6.10. The second-order valence-electron chi connectivity index (χ2n) is 9.46. The quantitative estimate of drug-likeness (QED) is 0.305. The average molecular weight is 465 g/mol. The summed E-state index contributed by atoms with van der Waals surface area (Å²) in [5, 5.41) is 9.85. The summed E-state index contributed by atoms with van der Waals surface area (Å²) >= 11 is 0. The number of hydrogen-bond donors (Lipinski definition) is 0. The third-order valence-corrected chi connectivity index (χ3v) is 8.04. The SMILES string of the molecule is [C-]#[N+]c1c(C)c(C)c(C#N)c2c1Oc1cc3c(cc1O2)C1(CCc2cc(OC)c(OC)cc21)CC3. The van der Waals surface area contributed by atoms with E-state index in [0.717, 1.165) is 48.3 Å². The highest BCUT2D eigenvalue weighted by atomic mass is 16.6. The van der Waals surface area contributed by atoms with Crippen molar-refractivity contribution < 1.29 is 18.9 Å². The zero-order valence-corrected chi connectivity index (χ0v) is 20.2. The van der Waals surface area contributed by atoms with Crippen LogP contribution in [0.3, 0.4) is 0 Å². The molecule has 0 saturated heterocycles. The van der Waals surface area contributed by atoms with Crippen molar-refractivity contribution in [3.63, 3.8) is 0 Å². The molecule has 1 spiro atoms. The lowest BCUT2D eigenvalue weighted by Gasteiger charge is -2.29. The van der Waals surface area contributed by atoms with Crippen LogP contribution in [-0.2, 0) is 18.3 Å². The Bertz CT molecular complexity index is 1530. The maximum Gasteiger partial charge on any atom is 0.235 e. The van der Waals surface area contributed by atoms with Gasteiger partial charge in [-0.25, -0.2) is 4.85 Å². The summed E-state index contributed by atoms with van der Waals surface area (Å²) in [6, 6.07) is 10.6. The molecule has 3 aliphatic rings. The van der Waals surface area contributed by atoms with Crippen molar-refractivity contribution in [1.82, 2.24) is 0 Å². The molecule has 1 aliphatic heterocycles. The first-order chi connectivity index (χ1) is 16.9. The maximum atomic E-state index is 9.85. The molecule has 0 saturated carbocycles. The Morgan fingerprint density at radius 1 is 0.886 bits per heavy atom. The number of methoxy groups -OCH3 is 2. The molecule has 3 aromatic rings. The van der Waals surface area contributed by atoms with Crippen LogP contribution in [0.1, 0.15) is 51.8 Å². The van der Waals surface area contributed by atoms with E-state index in [1.807, 2.05) is 13.8 Å². The van der Waals surface area contributed by atoms with Crippen molar-refractivity contribution in [3.05, 3.63) is 74.6 Å². The lowest BCUT2D eigenvalue weighted by Crippen LogP contribution is -2.21. The molecule has 1 unspecified atom stereocenters. The van der Waals surface area contributed by atoms with Crippen molar-refractivity contribution in [3.8, 4) is 40.6 Å². The Balaban J connectivity index is 1.50. The van der Waals surface area contributed by atoms with Crippen LogP contribution in [0, 0.1) is 31.8 Å². The smallest absolute Gasteiger partial charge is 0.235 e. The van der Waals surface area contributed by atoms with E-state index in [4.69, 9.17) is 25.5 Å². The van der Waals surface area contributed by atoms with Crippen molar-refractivity contribution in [2.45, 2.75) is 44.9 Å². The third-order valence-electron chi connectivity index (χ3n) is 8.04. The van der Waals surface area contributed by atoms with E-state index < -0.39 is 0 Å². The fraction of sp³-hybridized carbons (Fsp3) is 0.310. The Kier molecular flexibility index (Phi) is 4.53. The van der Waals surface area contributed by atoms with Crippen LogP contribution >= 0.6 is 0 Å². The van der Waals surface area contributed by atoms with Crippen LogP contribution in [0.2, 0.25) is 0 Å². The van der Waals surface area contributed by atoms with Gasteiger partial charge in [0.05, 0.1) is 26.4 Å². The molecule has 1 heterocycles. The summed E-state index contributed by atoms with van der Waals surface area (Å²) in [7, 11) is 3.33. The van der Waals surface area contributed by atoms with Crippen molar-refractivity contribution >= 4 is 5.69 Å². The number of hydrogen-bond acceptors (Lipinski definition) is 5. The summed E-state index contributed by atoms with van der Waals surface area (Å²) in [5.41, 5.74) is 7.21. The van der Waals surface area contributed by atoms with Crippen LogP contribution in [0.15, 0.2) is 24.3 Å². The van der Waals surface area contributed by atoms with Gasteiger partial charge in [0.25, 0.3) is 0 Å². The standard InChI is InChI=1S/C29H24N2O4/c1-15-16(2)26(31-3)28-27(19(15)14-30)34-25-13-21-18(11-24(25)35-28)7-9-29(21)8-6-17-10-22(32-4)23(33-5)12-20(17)29/h10-13H,6-9H2,1-2,4-5H3. The summed E-state index contributed by atoms with van der Waals surface area (Å²) in [6.07, 6.45) is 3.90. The molecule has 2 aliphatic carbocycles. The molecular formula is C29H24N2O4. The first-order valence-electron chi connectivity index (χ1n) is 11.7. The molecule has 6 rings (SSSR count). The zero-order chi connectivity index (χ0) is 24.5. The van der Waals surface area contributed by atoms with Gasteiger partial charge in [-0.2, -0.15) is 5.26 Å². The van der Waals surface area contributed by atoms with Crippen LogP contribution < -0.4 is 18.9 Å². The molecule has 0 radical (unpaired) electrons. The number of ether oxygens (including phenoxy) is 4. The highest BCUT2D eigenvalue weighted by Gasteiger charge is 2.46. The fourth-order valence-corrected chi connectivity index (χ4v) is 6.10. The largest absolute Gasteiger partial charge is 0.493 e. The minimum absolute atomic E-state index is 0.119. The minimum Gasteiger partial charge on any atom is -0.493 e. The average Bonchev–Trinajstić information content (AvgIpc) is 3.42. The number of nitrogens with zero attached hydrogens (tertiary/aromatic N) is 2.